The van der Waals surface area contributed by atoms with Crippen LogP contribution in [0.25, 0.3) is 91.1 Å². The fourth-order valence-corrected chi connectivity index (χ4v) is 11.9. The Kier molecular flexibility index (Phi) is 8.54. The van der Waals surface area contributed by atoms with Gasteiger partial charge < -0.3 is 0 Å². The quantitative estimate of drug-likeness (QED) is 0.156. The summed E-state index contributed by atoms with van der Waals surface area (Å²) in [6.45, 7) is 0. The Balaban J connectivity index is 1.03. The Morgan fingerprint density at radius 2 is 0.672 bits per heavy atom. The summed E-state index contributed by atoms with van der Waals surface area (Å²) < 4.78 is 0. The highest BCUT2D eigenvalue weighted by Gasteiger charge is 2.61. The van der Waals surface area contributed by atoms with Crippen LogP contribution < -0.4 is 0 Å². The van der Waals surface area contributed by atoms with E-state index < -0.39 is 0 Å². The van der Waals surface area contributed by atoms with E-state index >= 15 is 0 Å². The summed E-state index contributed by atoms with van der Waals surface area (Å²) in [6, 6.07) is 58.2. The Morgan fingerprint density at radius 1 is 0.297 bits per heavy atom. The molecule has 0 radical (unpaired) electrons. The normalized spacial score (nSPS) is 21.2. The molecule has 0 amide bonds. The van der Waals surface area contributed by atoms with Gasteiger partial charge in [-0.2, -0.15) is 0 Å². The number of rotatable bonds is 7. The minimum atomic E-state index is 0.0604. The van der Waals surface area contributed by atoms with E-state index in [1.165, 1.54) is 54.4 Å². The van der Waals surface area contributed by atoms with Crippen molar-refractivity contribution in [1.29, 1.82) is 0 Å². The summed E-state index contributed by atoms with van der Waals surface area (Å²) in [5.74, 6) is 6.71. The van der Waals surface area contributed by atoms with Gasteiger partial charge in [-0.3, -0.25) is 0 Å². The summed E-state index contributed by atoms with van der Waals surface area (Å²) in [4.78, 5) is 41.2. The molecule has 5 aliphatic carbocycles. The summed E-state index contributed by atoms with van der Waals surface area (Å²) in [5, 5.41) is 0. The number of benzene rings is 6. The first-order valence-corrected chi connectivity index (χ1v) is 22.5. The van der Waals surface area contributed by atoms with Crippen molar-refractivity contribution in [3.63, 3.8) is 0 Å². The van der Waals surface area contributed by atoms with E-state index in [0.717, 1.165) is 39.7 Å². The molecule has 3 aromatic heterocycles. The van der Waals surface area contributed by atoms with E-state index in [1.807, 2.05) is 127 Å². The van der Waals surface area contributed by atoms with E-state index in [2.05, 4.69) is 42.5 Å². The highest BCUT2D eigenvalue weighted by Crippen LogP contribution is 2.69. The third kappa shape index (κ3) is 6.03. The monoisotopic (exact) mass is 826 g/mol. The maximum atomic E-state index is 5.35. The maximum absolute atomic E-state index is 5.35. The summed E-state index contributed by atoms with van der Waals surface area (Å²) >= 11 is 0. The number of nitrogens with zero attached hydrogens (tertiary/aromatic N) is 8. The lowest BCUT2D eigenvalue weighted by Crippen LogP contribution is -2.55. The molecule has 4 fully saturated rings. The smallest absolute Gasteiger partial charge is 0.182 e. The second-order valence-corrected chi connectivity index (χ2v) is 18.0. The Labute approximate surface area is 371 Å². The first-order chi connectivity index (χ1) is 31.6. The zero-order chi connectivity index (χ0) is 42.2. The van der Waals surface area contributed by atoms with Crippen LogP contribution in [-0.2, 0) is 5.41 Å². The van der Waals surface area contributed by atoms with Gasteiger partial charge >= 0.3 is 0 Å². The van der Waals surface area contributed by atoms with Crippen LogP contribution in [-0.4, -0.2) is 39.9 Å². The van der Waals surface area contributed by atoms with Crippen LogP contribution in [0, 0.1) is 23.7 Å². The fraction of sp³-hybridized carbons (Fsp3) is 0.179. The third-order valence-corrected chi connectivity index (χ3v) is 14.4. The molecule has 0 unspecified atom stereocenters. The van der Waals surface area contributed by atoms with Crippen molar-refractivity contribution in [2.75, 3.05) is 0 Å². The Bertz CT molecular complexity index is 2940. The van der Waals surface area contributed by atoms with Crippen LogP contribution in [0.1, 0.15) is 43.2 Å². The van der Waals surface area contributed by atoms with Crippen molar-refractivity contribution < 1.29 is 0 Å². The van der Waals surface area contributed by atoms with Crippen molar-refractivity contribution in [2.45, 2.75) is 37.5 Å². The third-order valence-electron chi connectivity index (χ3n) is 14.4. The molecule has 0 saturated heterocycles. The number of fused-ring (bicyclic) bond motifs is 3. The molecule has 0 atom stereocenters. The fourth-order valence-electron chi connectivity index (χ4n) is 11.9. The molecular weight excluding hydrogens is 785 g/mol. The number of aromatic nitrogens is 8. The average molecular weight is 827 g/mol. The number of hydrogen-bond donors (Lipinski definition) is 0. The van der Waals surface area contributed by atoms with Crippen molar-refractivity contribution >= 4 is 0 Å². The van der Waals surface area contributed by atoms with E-state index in [1.54, 1.807) is 0 Å². The lowest BCUT2D eigenvalue weighted by Gasteiger charge is -2.61. The van der Waals surface area contributed by atoms with Gasteiger partial charge in [0.2, 0.25) is 0 Å². The van der Waals surface area contributed by atoms with Crippen LogP contribution >= 0.6 is 0 Å². The Hall–Kier alpha value is -7.58. The highest BCUT2D eigenvalue weighted by atomic mass is 15.1. The van der Waals surface area contributed by atoms with Crippen LogP contribution in [0.5, 0.6) is 0 Å². The molecule has 64 heavy (non-hydrogen) atoms. The molecule has 4 saturated carbocycles. The molecule has 8 heteroatoms. The van der Waals surface area contributed by atoms with Crippen molar-refractivity contribution in [2.24, 2.45) is 23.7 Å². The largest absolute Gasteiger partial charge is 0.225 e. The van der Waals surface area contributed by atoms with Gasteiger partial charge in [-0.15, -0.1) is 0 Å². The zero-order valence-corrected chi connectivity index (χ0v) is 35.1. The molecule has 14 rings (SSSR count). The summed E-state index contributed by atoms with van der Waals surface area (Å²) in [6.07, 6.45) is 6.76. The molecule has 8 nitrogen and oxygen atoms in total. The van der Waals surface area contributed by atoms with Gasteiger partial charge in [0, 0.05) is 33.2 Å². The minimum absolute atomic E-state index is 0.0604. The second kappa shape index (κ2) is 14.8. The van der Waals surface area contributed by atoms with Crippen LogP contribution in [0.2, 0.25) is 0 Å². The van der Waals surface area contributed by atoms with Gasteiger partial charge in [0.05, 0.1) is 0 Å². The molecule has 0 aliphatic heterocycles. The van der Waals surface area contributed by atoms with Gasteiger partial charge in [0.15, 0.2) is 40.8 Å². The van der Waals surface area contributed by atoms with Crippen LogP contribution in [0.15, 0.2) is 170 Å². The highest BCUT2D eigenvalue weighted by molar-refractivity contribution is 5.85. The molecule has 5 aliphatic rings. The van der Waals surface area contributed by atoms with Gasteiger partial charge in [-0.05, 0) is 90.2 Å². The first-order valence-electron chi connectivity index (χ1n) is 22.5. The van der Waals surface area contributed by atoms with E-state index in [4.69, 9.17) is 39.9 Å². The lowest BCUT2D eigenvalue weighted by atomic mass is 9.43. The van der Waals surface area contributed by atoms with Crippen LogP contribution in [0.3, 0.4) is 0 Å². The first kappa shape index (κ1) is 37.0. The molecule has 1 spiro atoms. The molecule has 3 heterocycles. The molecule has 6 aromatic carbocycles. The van der Waals surface area contributed by atoms with Gasteiger partial charge in [-0.1, -0.05) is 158 Å². The zero-order valence-electron chi connectivity index (χ0n) is 35.1. The van der Waals surface area contributed by atoms with Crippen molar-refractivity contribution in [3.05, 3.63) is 181 Å². The average Bonchev–Trinajstić information content (AvgIpc) is 3.66. The maximum Gasteiger partial charge on any atom is 0.182 e. The van der Waals surface area contributed by atoms with E-state index in [9.17, 15) is 0 Å². The van der Waals surface area contributed by atoms with Crippen molar-refractivity contribution in [1.82, 2.24) is 39.9 Å². The predicted molar refractivity (Wildman–Crippen MR) is 250 cm³/mol. The molecule has 9 aromatic rings. The minimum Gasteiger partial charge on any atom is -0.225 e. The Morgan fingerprint density at radius 3 is 1.12 bits per heavy atom. The molecule has 0 N–H and O–H groups in total. The van der Waals surface area contributed by atoms with Crippen LogP contribution in [0.4, 0.5) is 0 Å². The van der Waals surface area contributed by atoms with Gasteiger partial charge in [0.1, 0.15) is 11.4 Å². The second-order valence-electron chi connectivity index (χ2n) is 18.0. The summed E-state index contributed by atoms with van der Waals surface area (Å²) in [7, 11) is 0. The topological polar surface area (TPSA) is 103 Å². The predicted octanol–water partition coefficient (Wildman–Crippen LogP) is 12.2. The number of hydrogen-bond acceptors (Lipinski definition) is 8. The molecular formula is C56H42N8. The lowest BCUT2D eigenvalue weighted by molar-refractivity contribution is -0.0399. The molecule has 4 bridgehead atoms. The standard InChI is InChI=1S/C56H42N8/c1-5-15-36(16-6-1)49-59-50(37-17-7-2-8-18-37)62-54(61-49)47-33-48(55-63-51(38-19-9-3-10-20-38)60-52(64-55)39-21-11-4-12-22-39)58-53(57-47)40-25-26-46-44(32-40)43-23-13-14-24-45(43)56(46)41-28-34-27-35(30-41)31-42(56)29-34/h1-26,32-35,41-42H,27-31H2. The SMILES string of the molecule is c1ccc(-c2nc(-c3ccccc3)nc(-c3cc(-c4nc(-c5ccccc5)nc(-c5ccccc5)n4)nc(-c4ccc5c(c4)-c4ccccc4C54C5CC6CC(C5)CC4C6)n3)n2)cc1. The van der Waals surface area contributed by atoms with Gasteiger partial charge in [-0.25, -0.2) is 39.9 Å². The van der Waals surface area contributed by atoms with E-state index in [0.29, 0.717) is 64.0 Å². The van der Waals surface area contributed by atoms with Gasteiger partial charge in [0.25, 0.3) is 0 Å². The van der Waals surface area contributed by atoms with E-state index in [-0.39, 0.29) is 5.41 Å². The molecule has 306 valence electrons. The summed E-state index contributed by atoms with van der Waals surface area (Å²) in [5.41, 5.74) is 11.2. The van der Waals surface area contributed by atoms with Crippen molar-refractivity contribution in [3.8, 4) is 91.1 Å².